The molecule has 0 N–H and O–H groups in total. The van der Waals surface area contributed by atoms with Gasteiger partial charge in [0.15, 0.2) is 0 Å². The third kappa shape index (κ3) is 2.41. The highest BCUT2D eigenvalue weighted by molar-refractivity contribution is 5.93. The third-order valence-electron chi connectivity index (χ3n) is 3.38. The summed E-state index contributed by atoms with van der Waals surface area (Å²) in [4.78, 5) is 4.52. The fourth-order valence-electron chi connectivity index (χ4n) is 2.38. The van der Waals surface area contributed by atoms with Crippen LogP contribution in [0.25, 0.3) is 0 Å². The second-order valence-corrected chi connectivity index (χ2v) is 4.93. The normalized spacial score (nSPS) is 17.7. The maximum Gasteiger partial charge on any atom is 0.233 e. The zero-order valence-corrected chi connectivity index (χ0v) is 11.7. The van der Waals surface area contributed by atoms with Crippen molar-refractivity contribution in [2.24, 2.45) is 4.99 Å². The number of ether oxygens (including phenoxy) is 2. The Bertz CT molecular complexity index is 631. The Hall–Kier alpha value is -2.23. The Morgan fingerprint density at radius 1 is 1.30 bits per heavy atom. The fourth-order valence-corrected chi connectivity index (χ4v) is 2.38. The standard InChI is InChI=1S/C16H18N2O2/c1-12-11-20-16(17-12)14-7-5-9-18(14)10-13-6-3-4-8-15(13)19-2/h3-9,12H,10-11H2,1-2H3/t12-/m0/s1. The number of hydrogen-bond donors (Lipinski definition) is 0. The monoisotopic (exact) mass is 270 g/mol. The van der Waals surface area contributed by atoms with E-state index in [4.69, 9.17) is 9.47 Å². The molecule has 0 saturated carbocycles. The van der Waals surface area contributed by atoms with Crippen molar-refractivity contribution in [1.82, 2.24) is 4.57 Å². The molecule has 2 aromatic rings. The molecular weight excluding hydrogens is 252 g/mol. The number of para-hydroxylation sites is 1. The van der Waals surface area contributed by atoms with Gasteiger partial charge in [-0.25, -0.2) is 4.99 Å². The van der Waals surface area contributed by atoms with Crippen molar-refractivity contribution in [3.8, 4) is 5.75 Å². The summed E-state index contributed by atoms with van der Waals surface area (Å²) in [5, 5.41) is 0. The Balaban J connectivity index is 1.89. The van der Waals surface area contributed by atoms with Gasteiger partial charge in [0.1, 0.15) is 18.1 Å². The van der Waals surface area contributed by atoms with Crippen LogP contribution in [0.5, 0.6) is 5.75 Å². The van der Waals surface area contributed by atoms with Crippen LogP contribution in [-0.2, 0) is 11.3 Å². The van der Waals surface area contributed by atoms with Gasteiger partial charge in [0.25, 0.3) is 0 Å². The largest absolute Gasteiger partial charge is 0.496 e. The van der Waals surface area contributed by atoms with E-state index < -0.39 is 0 Å². The van der Waals surface area contributed by atoms with Crippen LogP contribution >= 0.6 is 0 Å². The number of rotatable bonds is 4. The summed E-state index contributed by atoms with van der Waals surface area (Å²) in [6.07, 6.45) is 2.04. The van der Waals surface area contributed by atoms with Gasteiger partial charge in [0.05, 0.1) is 19.7 Å². The summed E-state index contributed by atoms with van der Waals surface area (Å²) in [7, 11) is 1.70. The Kier molecular flexibility index (Phi) is 3.46. The van der Waals surface area contributed by atoms with Crippen LogP contribution in [0, 0.1) is 0 Å². The van der Waals surface area contributed by atoms with E-state index in [1.54, 1.807) is 7.11 Å². The molecule has 0 amide bonds. The van der Waals surface area contributed by atoms with Crippen LogP contribution in [0.3, 0.4) is 0 Å². The molecule has 0 radical (unpaired) electrons. The van der Waals surface area contributed by atoms with Crippen LogP contribution in [0.4, 0.5) is 0 Å². The average Bonchev–Trinajstić information content (AvgIpc) is 3.08. The SMILES string of the molecule is COc1ccccc1Cn1cccc1C1=N[C@@H](C)CO1. The summed E-state index contributed by atoms with van der Waals surface area (Å²) in [5.41, 5.74) is 2.15. The molecule has 0 aliphatic carbocycles. The molecule has 1 aliphatic rings. The van der Waals surface area contributed by atoms with E-state index in [1.807, 2.05) is 36.5 Å². The lowest BCUT2D eigenvalue weighted by Crippen LogP contribution is -2.11. The highest BCUT2D eigenvalue weighted by atomic mass is 16.5. The van der Waals surface area contributed by atoms with Gasteiger partial charge >= 0.3 is 0 Å². The van der Waals surface area contributed by atoms with Gasteiger partial charge in [-0.15, -0.1) is 0 Å². The molecule has 4 nitrogen and oxygen atoms in total. The van der Waals surface area contributed by atoms with Crippen molar-refractivity contribution in [3.63, 3.8) is 0 Å². The summed E-state index contributed by atoms with van der Waals surface area (Å²) in [6.45, 7) is 3.46. The number of hydrogen-bond acceptors (Lipinski definition) is 3. The number of benzene rings is 1. The lowest BCUT2D eigenvalue weighted by molar-refractivity contribution is 0.322. The summed E-state index contributed by atoms with van der Waals surface area (Å²) >= 11 is 0. The Morgan fingerprint density at radius 3 is 2.90 bits per heavy atom. The van der Waals surface area contributed by atoms with E-state index in [2.05, 4.69) is 22.5 Å². The molecule has 0 fully saturated rings. The summed E-state index contributed by atoms with van der Waals surface area (Å²) in [5.74, 6) is 1.63. The second kappa shape index (κ2) is 5.41. The first kappa shape index (κ1) is 12.8. The van der Waals surface area contributed by atoms with E-state index in [-0.39, 0.29) is 6.04 Å². The first-order valence-corrected chi connectivity index (χ1v) is 6.76. The number of aliphatic imine (C=N–C) groups is 1. The van der Waals surface area contributed by atoms with Gasteiger partial charge in [-0.2, -0.15) is 0 Å². The van der Waals surface area contributed by atoms with Gasteiger partial charge in [-0.3, -0.25) is 0 Å². The lowest BCUT2D eigenvalue weighted by atomic mass is 10.2. The zero-order valence-electron chi connectivity index (χ0n) is 11.7. The minimum Gasteiger partial charge on any atom is -0.496 e. The third-order valence-corrected chi connectivity index (χ3v) is 3.38. The molecule has 4 heteroatoms. The van der Waals surface area contributed by atoms with E-state index in [9.17, 15) is 0 Å². The highest BCUT2D eigenvalue weighted by Gasteiger charge is 2.19. The first-order chi connectivity index (χ1) is 9.78. The smallest absolute Gasteiger partial charge is 0.233 e. The van der Waals surface area contributed by atoms with E-state index in [0.717, 1.165) is 29.4 Å². The predicted molar refractivity (Wildman–Crippen MR) is 78.5 cm³/mol. The fraction of sp³-hybridized carbons (Fsp3) is 0.312. The molecular formula is C16H18N2O2. The Labute approximate surface area is 118 Å². The molecule has 0 saturated heterocycles. The maximum absolute atomic E-state index is 5.64. The molecule has 1 atom stereocenters. The molecule has 2 heterocycles. The van der Waals surface area contributed by atoms with Gasteiger partial charge in [0, 0.05) is 11.8 Å². The number of nitrogens with zero attached hydrogens (tertiary/aromatic N) is 2. The maximum atomic E-state index is 5.64. The van der Waals surface area contributed by atoms with Gasteiger partial charge < -0.3 is 14.0 Å². The van der Waals surface area contributed by atoms with E-state index in [0.29, 0.717) is 6.61 Å². The topological polar surface area (TPSA) is 35.8 Å². The lowest BCUT2D eigenvalue weighted by Gasteiger charge is -2.12. The highest BCUT2D eigenvalue weighted by Crippen LogP contribution is 2.20. The molecule has 3 rings (SSSR count). The number of aromatic nitrogens is 1. The van der Waals surface area contributed by atoms with Crippen molar-refractivity contribution >= 4 is 5.90 Å². The predicted octanol–water partition coefficient (Wildman–Crippen LogP) is 2.71. The van der Waals surface area contributed by atoms with Gasteiger partial charge in [-0.05, 0) is 25.1 Å². The van der Waals surface area contributed by atoms with E-state index in [1.165, 1.54) is 0 Å². The molecule has 0 bridgehead atoms. The summed E-state index contributed by atoms with van der Waals surface area (Å²) < 4.78 is 13.2. The molecule has 1 aromatic carbocycles. The van der Waals surface area contributed by atoms with Crippen LogP contribution in [0.15, 0.2) is 47.6 Å². The zero-order chi connectivity index (χ0) is 13.9. The molecule has 0 spiro atoms. The van der Waals surface area contributed by atoms with Crippen molar-refractivity contribution in [3.05, 3.63) is 53.9 Å². The Morgan fingerprint density at radius 2 is 2.15 bits per heavy atom. The molecule has 1 aliphatic heterocycles. The molecule has 0 unspecified atom stereocenters. The van der Waals surface area contributed by atoms with Crippen molar-refractivity contribution in [2.75, 3.05) is 13.7 Å². The molecule has 1 aromatic heterocycles. The van der Waals surface area contributed by atoms with E-state index >= 15 is 0 Å². The van der Waals surface area contributed by atoms with Crippen molar-refractivity contribution in [2.45, 2.75) is 19.5 Å². The van der Waals surface area contributed by atoms with Gasteiger partial charge in [-0.1, -0.05) is 18.2 Å². The molecule has 20 heavy (non-hydrogen) atoms. The van der Waals surface area contributed by atoms with Gasteiger partial charge in [0.2, 0.25) is 5.90 Å². The minimum atomic E-state index is 0.236. The second-order valence-electron chi connectivity index (χ2n) is 4.93. The first-order valence-electron chi connectivity index (χ1n) is 6.76. The quantitative estimate of drug-likeness (QED) is 0.856. The van der Waals surface area contributed by atoms with Crippen LogP contribution in [0.2, 0.25) is 0 Å². The minimum absolute atomic E-state index is 0.236. The van der Waals surface area contributed by atoms with Crippen molar-refractivity contribution in [1.29, 1.82) is 0 Å². The van der Waals surface area contributed by atoms with Crippen molar-refractivity contribution < 1.29 is 9.47 Å². The summed E-state index contributed by atoms with van der Waals surface area (Å²) in [6, 6.07) is 12.3. The van der Waals surface area contributed by atoms with Crippen LogP contribution in [0.1, 0.15) is 18.2 Å². The van der Waals surface area contributed by atoms with Crippen LogP contribution < -0.4 is 4.74 Å². The number of methoxy groups -OCH3 is 1. The van der Waals surface area contributed by atoms with Crippen LogP contribution in [-0.4, -0.2) is 30.2 Å². The molecule has 104 valence electrons. The average molecular weight is 270 g/mol.